The molecule has 1 N–H and O–H groups in total. The van der Waals surface area contributed by atoms with Gasteiger partial charge in [0.2, 0.25) is 0 Å². The van der Waals surface area contributed by atoms with Crippen molar-refractivity contribution in [1.29, 1.82) is 0 Å². The maximum Gasteiger partial charge on any atom is 0.165 e. The normalized spacial score (nSPS) is 18.6. The fourth-order valence-electron chi connectivity index (χ4n) is 2.24. The van der Waals surface area contributed by atoms with Crippen molar-refractivity contribution in [3.8, 4) is 5.69 Å². The molecule has 1 aromatic carbocycles. The highest BCUT2D eigenvalue weighted by molar-refractivity contribution is 5.85. The molecule has 0 aliphatic carbocycles. The molecule has 1 aliphatic rings. The van der Waals surface area contributed by atoms with Gasteiger partial charge in [-0.2, -0.15) is 5.10 Å². The average Bonchev–Trinajstić information content (AvgIpc) is 2.99. The Labute approximate surface area is 111 Å². The number of rotatable bonds is 2. The number of hydrogen-bond donors (Lipinski definition) is 1. The van der Waals surface area contributed by atoms with E-state index in [2.05, 4.69) is 10.4 Å². The fourth-order valence-corrected chi connectivity index (χ4v) is 2.24. The number of benzene rings is 1. The van der Waals surface area contributed by atoms with Crippen molar-refractivity contribution in [2.24, 2.45) is 0 Å². The molecule has 3 rings (SSSR count). The van der Waals surface area contributed by atoms with Gasteiger partial charge in [-0.1, -0.05) is 18.2 Å². The predicted molar refractivity (Wildman–Crippen MR) is 71.0 cm³/mol. The van der Waals surface area contributed by atoms with E-state index in [-0.39, 0.29) is 24.1 Å². The molecular formula is C13H15ClFN3. The number of para-hydroxylation sites is 1. The largest absolute Gasteiger partial charge is 0.316 e. The summed E-state index contributed by atoms with van der Waals surface area (Å²) in [6.07, 6.45) is 2.42. The molecule has 1 fully saturated rings. The van der Waals surface area contributed by atoms with Crippen molar-refractivity contribution in [3.05, 3.63) is 48.0 Å². The SMILES string of the molecule is Cl.Fc1cn(-c2ccccc2)nc1C1CCNC1. The van der Waals surface area contributed by atoms with E-state index in [0.717, 1.165) is 25.2 Å². The number of nitrogens with one attached hydrogen (secondary N) is 1. The molecule has 0 spiro atoms. The van der Waals surface area contributed by atoms with Crippen LogP contribution in [0.4, 0.5) is 4.39 Å². The Bertz CT molecular complexity index is 506. The van der Waals surface area contributed by atoms with Gasteiger partial charge in [-0.3, -0.25) is 0 Å². The second-order valence-electron chi connectivity index (χ2n) is 4.33. The molecule has 0 amide bonds. The Balaban J connectivity index is 0.00000120. The van der Waals surface area contributed by atoms with Crippen molar-refractivity contribution in [2.75, 3.05) is 13.1 Å². The molecule has 0 saturated carbocycles. The first-order valence-electron chi connectivity index (χ1n) is 5.86. The topological polar surface area (TPSA) is 29.9 Å². The molecule has 1 unspecified atom stereocenters. The summed E-state index contributed by atoms with van der Waals surface area (Å²) in [6.45, 7) is 1.77. The lowest BCUT2D eigenvalue weighted by atomic mass is 10.1. The van der Waals surface area contributed by atoms with E-state index in [0.29, 0.717) is 5.69 Å². The monoisotopic (exact) mass is 267 g/mol. The zero-order valence-corrected chi connectivity index (χ0v) is 10.7. The summed E-state index contributed by atoms with van der Waals surface area (Å²) in [5.74, 6) is 0.00233. The molecule has 0 bridgehead atoms. The van der Waals surface area contributed by atoms with Gasteiger partial charge in [0.25, 0.3) is 0 Å². The van der Waals surface area contributed by atoms with Crippen LogP contribution >= 0.6 is 12.4 Å². The molecule has 2 aromatic rings. The van der Waals surface area contributed by atoms with E-state index >= 15 is 0 Å². The minimum Gasteiger partial charge on any atom is -0.316 e. The second-order valence-corrected chi connectivity index (χ2v) is 4.33. The van der Waals surface area contributed by atoms with Gasteiger partial charge in [-0.15, -0.1) is 12.4 Å². The maximum absolute atomic E-state index is 13.8. The van der Waals surface area contributed by atoms with Gasteiger partial charge in [0, 0.05) is 12.5 Å². The Morgan fingerprint density at radius 1 is 1.28 bits per heavy atom. The van der Waals surface area contributed by atoms with Crippen LogP contribution in [0.25, 0.3) is 5.69 Å². The third kappa shape index (κ3) is 2.40. The van der Waals surface area contributed by atoms with Gasteiger partial charge in [0.1, 0.15) is 5.69 Å². The van der Waals surface area contributed by atoms with Crippen molar-refractivity contribution >= 4 is 12.4 Å². The average molecular weight is 268 g/mol. The first-order valence-corrected chi connectivity index (χ1v) is 5.86. The fraction of sp³-hybridized carbons (Fsp3) is 0.308. The summed E-state index contributed by atoms with van der Waals surface area (Å²) in [7, 11) is 0. The zero-order valence-electron chi connectivity index (χ0n) is 9.84. The van der Waals surface area contributed by atoms with Gasteiger partial charge in [0.05, 0.1) is 11.9 Å². The Morgan fingerprint density at radius 3 is 2.72 bits per heavy atom. The molecule has 18 heavy (non-hydrogen) atoms. The summed E-state index contributed by atoms with van der Waals surface area (Å²) in [5, 5.41) is 7.59. The quantitative estimate of drug-likeness (QED) is 0.906. The summed E-state index contributed by atoms with van der Waals surface area (Å²) in [4.78, 5) is 0. The van der Waals surface area contributed by atoms with Crippen LogP contribution < -0.4 is 5.32 Å². The lowest BCUT2D eigenvalue weighted by molar-refractivity contribution is 0.585. The molecule has 1 aromatic heterocycles. The van der Waals surface area contributed by atoms with E-state index in [4.69, 9.17) is 0 Å². The van der Waals surface area contributed by atoms with E-state index in [9.17, 15) is 4.39 Å². The van der Waals surface area contributed by atoms with E-state index in [1.165, 1.54) is 6.20 Å². The molecule has 1 atom stereocenters. The minimum absolute atomic E-state index is 0. The first kappa shape index (κ1) is 13.1. The molecule has 1 aliphatic heterocycles. The van der Waals surface area contributed by atoms with E-state index in [1.54, 1.807) is 4.68 Å². The lowest BCUT2D eigenvalue weighted by Crippen LogP contribution is -2.09. The third-order valence-corrected chi connectivity index (χ3v) is 3.16. The van der Waals surface area contributed by atoms with Crippen LogP contribution in [0, 0.1) is 5.82 Å². The number of hydrogen-bond acceptors (Lipinski definition) is 2. The zero-order chi connectivity index (χ0) is 11.7. The minimum atomic E-state index is -0.206. The number of halogens is 2. The van der Waals surface area contributed by atoms with Crippen LogP contribution in [0.5, 0.6) is 0 Å². The van der Waals surface area contributed by atoms with Gasteiger partial charge in [-0.05, 0) is 25.1 Å². The standard InChI is InChI=1S/C13H14FN3.ClH/c14-12-9-17(11-4-2-1-3-5-11)16-13(12)10-6-7-15-8-10;/h1-5,9-10,15H,6-8H2;1H. The summed E-state index contributed by atoms with van der Waals surface area (Å²) >= 11 is 0. The maximum atomic E-state index is 13.8. The molecule has 1 saturated heterocycles. The van der Waals surface area contributed by atoms with Crippen LogP contribution in [-0.2, 0) is 0 Å². The third-order valence-electron chi connectivity index (χ3n) is 3.16. The second kappa shape index (κ2) is 5.50. The highest BCUT2D eigenvalue weighted by atomic mass is 35.5. The Morgan fingerprint density at radius 2 is 2.06 bits per heavy atom. The Kier molecular flexibility index (Phi) is 3.99. The molecule has 2 heterocycles. The van der Waals surface area contributed by atoms with Gasteiger partial charge in [-0.25, -0.2) is 9.07 Å². The van der Waals surface area contributed by atoms with Crippen molar-refractivity contribution in [2.45, 2.75) is 12.3 Å². The van der Waals surface area contributed by atoms with Gasteiger partial charge in [0.15, 0.2) is 5.82 Å². The number of aromatic nitrogens is 2. The van der Waals surface area contributed by atoms with Crippen LogP contribution in [0.1, 0.15) is 18.0 Å². The molecule has 3 nitrogen and oxygen atoms in total. The summed E-state index contributed by atoms with van der Waals surface area (Å²) in [5.41, 5.74) is 1.47. The molecular weight excluding hydrogens is 253 g/mol. The van der Waals surface area contributed by atoms with Gasteiger partial charge >= 0.3 is 0 Å². The predicted octanol–water partition coefficient (Wildman–Crippen LogP) is 2.51. The van der Waals surface area contributed by atoms with Crippen molar-refractivity contribution < 1.29 is 4.39 Å². The summed E-state index contributed by atoms with van der Waals surface area (Å²) < 4.78 is 15.5. The van der Waals surface area contributed by atoms with Crippen LogP contribution in [0.2, 0.25) is 0 Å². The molecule has 96 valence electrons. The van der Waals surface area contributed by atoms with E-state index < -0.39 is 0 Å². The molecule has 0 radical (unpaired) electrons. The smallest absolute Gasteiger partial charge is 0.165 e. The van der Waals surface area contributed by atoms with Gasteiger partial charge < -0.3 is 5.32 Å². The Hall–Kier alpha value is -1.39. The van der Waals surface area contributed by atoms with Crippen molar-refractivity contribution in [3.63, 3.8) is 0 Å². The van der Waals surface area contributed by atoms with E-state index in [1.807, 2.05) is 30.3 Å². The van der Waals surface area contributed by atoms with Crippen LogP contribution in [-0.4, -0.2) is 22.9 Å². The van der Waals surface area contributed by atoms with Crippen LogP contribution in [0.3, 0.4) is 0 Å². The van der Waals surface area contributed by atoms with Crippen LogP contribution in [0.15, 0.2) is 36.5 Å². The summed E-state index contributed by atoms with van der Waals surface area (Å²) in [6, 6.07) is 9.62. The lowest BCUT2D eigenvalue weighted by Gasteiger charge is -2.04. The van der Waals surface area contributed by atoms with Crippen molar-refractivity contribution in [1.82, 2.24) is 15.1 Å². The molecule has 5 heteroatoms. The highest BCUT2D eigenvalue weighted by Crippen LogP contribution is 2.24. The first-order chi connectivity index (χ1) is 8.34. The highest BCUT2D eigenvalue weighted by Gasteiger charge is 2.23. The number of nitrogens with zero attached hydrogens (tertiary/aromatic N) is 2.